The first-order chi connectivity index (χ1) is 6.43. The largest absolute Gasteiger partial charge is 0.481 e. The van der Waals surface area contributed by atoms with Crippen molar-refractivity contribution in [2.45, 2.75) is 20.3 Å². The van der Waals surface area contributed by atoms with Crippen LogP contribution in [0, 0.1) is 5.41 Å². The van der Waals surface area contributed by atoms with Crippen LogP contribution in [-0.4, -0.2) is 21.8 Å². The normalized spacial score (nSPS) is 11.3. The van der Waals surface area contributed by atoms with Crippen LogP contribution in [0.15, 0.2) is 18.5 Å². The molecule has 0 spiro atoms. The van der Waals surface area contributed by atoms with Crippen LogP contribution in [0.1, 0.15) is 30.6 Å². The van der Waals surface area contributed by atoms with E-state index in [1.807, 2.05) is 0 Å². The molecule has 1 heterocycles. The van der Waals surface area contributed by atoms with Gasteiger partial charge in [0.05, 0.1) is 6.42 Å². The van der Waals surface area contributed by atoms with Crippen LogP contribution >= 0.6 is 0 Å². The second kappa shape index (κ2) is 3.65. The van der Waals surface area contributed by atoms with Crippen molar-refractivity contribution in [3.05, 3.63) is 24.0 Å². The number of hydrogen-bond donors (Lipinski definition) is 2. The highest BCUT2D eigenvalue weighted by atomic mass is 16.4. The fourth-order valence-electron chi connectivity index (χ4n) is 1.31. The van der Waals surface area contributed by atoms with Crippen molar-refractivity contribution < 1.29 is 14.7 Å². The summed E-state index contributed by atoms with van der Waals surface area (Å²) in [5.74, 6) is -1.11. The van der Waals surface area contributed by atoms with Crippen molar-refractivity contribution in [3.63, 3.8) is 0 Å². The fraction of sp³-hybridized carbons (Fsp3) is 0.400. The Morgan fingerprint density at radius 2 is 2.14 bits per heavy atom. The van der Waals surface area contributed by atoms with E-state index in [0.29, 0.717) is 5.56 Å². The molecular weight excluding hydrogens is 182 g/mol. The Kier molecular flexibility index (Phi) is 2.74. The van der Waals surface area contributed by atoms with Gasteiger partial charge < -0.3 is 10.1 Å². The van der Waals surface area contributed by atoms with E-state index in [9.17, 15) is 9.59 Å². The van der Waals surface area contributed by atoms with E-state index in [1.54, 1.807) is 32.3 Å². The van der Waals surface area contributed by atoms with Crippen LogP contribution in [0.25, 0.3) is 0 Å². The number of carboxylic acid groups (broad SMARTS) is 1. The van der Waals surface area contributed by atoms with Crippen molar-refractivity contribution in [3.8, 4) is 0 Å². The van der Waals surface area contributed by atoms with Gasteiger partial charge in [0.15, 0.2) is 5.78 Å². The van der Waals surface area contributed by atoms with E-state index in [-0.39, 0.29) is 12.2 Å². The molecule has 14 heavy (non-hydrogen) atoms. The average molecular weight is 195 g/mol. The maximum Gasteiger partial charge on any atom is 0.304 e. The van der Waals surface area contributed by atoms with Gasteiger partial charge in [-0.1, -0.05) is 13.8 Å². The van der Waals surface area contributed by atoms with E-state index in [4.69, 9.17) is 5.11 Å². The van der Waals surface area contributed by atoms with Gasteiger partial charge in [0, 0.05) is 23.4 Å². The Bertz CT molecular complexity index is 338. The van der Waals surface area contributed by atoms with Crippen LogP contribution in [0.3, 0.4) is 0 Å². The lowest BCUT2D eigenvalue weighted by Crippen LogP contribution is -2.27. The van der Waals surface area contributed by atoms with Crippen LogP contribution in [-0.2, 0) is 4.79 Å². The highest BCUT2D eigenvalue weighted by Crippen LogP contribution is 2.25. The molecule has 0 unspecified atom stereocenters. The van der Waals surface area contributed by atoms with E-state index in [1.165, 1.54) is 0 Å². The highest BCUT2D eigenvalue weighted by Gasteiger charge is 2.31. The zero-order valence-electron chi connectivity index (χ0n) is 8.20. The summed E-state index contributed by atoms with van der Waals surface area (Å²) in [4.78, 5) is 25.1. The molecule has 0 radical (unpaired) electrons. The number of H-pyrrole nitrogens is 1. The number of aliphatic carboxylic acids is 1. The van der Waals surface area contributed by atoms with Crippen molar-refractivity contribution in [2.75, 3.05) is 0 Å². The smallest absolute Gasteiger partial charge is 0.304 e. The van der Waals surface area contributed by atoms with Crippen molar-refractivity contribution >= 4 is 11.8 Å². The summed E-state index contributed by atoms with van der Waals surface area (Å²) in [6.07, 6.45) is 3.06. The second-order valence-electron chi connectivity index (χ2n) is 3.88. The Labute approximate surface area is 81.9 Å². The fourth-order valence-corrected chi connectivity index (χ4v) is 1.31. The molecule has 0 amide bonds. The van der Waals surface area contributed by atoms with Crippen molar-refractivity contribution in [1.29, 1.82) is 0 Å². The minimum absolute atomic E-state index is 0.152. The molecule has 0 aliphatic carbocycles. The molecule has 0 aliphatic rings. The monoisotopic (exact) mass is 195 g/mol. The minimum atomic E-state index is -0.959. The van der Waals surface area contributed by atoms with Gasteiger partial charge in [-0.05, 0) is 6.07 Å². The Balaban J connectivity index is 2.83. The Morgan fingerprint density at radius 1 is 1.50 bits per heavy atom. The van der Waals surface area contributed by atoms with Crippen LogP contribution in [0.2, 0.25) is 0 Å². The summed E-state index contributed by atoms with van der Waals surface area (Å²) in [5.41, 5.74) is -0.329. The predicted molar refractivity (Wildman–Crippen MR) is 51.2 cm³/mol. The summed E-state index contributed by atoms with van der Waals surface area (Å²) < 4.78 is 0. The SMILES string of the molecule is CC(C)(CC(=O)O)C(=O)c1cc[nH]c1. The molecule has 1 rings (SSSR count). The summed E-state index contributed by atoms with van der Waals surface area (Å²) in [6, 6.07) is 1.64. The van der Waals surface area contributed by atoms with Crippen LogP contribution < -0.4 is 0 Å². The van der Waals surface area contributed by atoms with Crippen molar-refractivity contribution in [1.82, 2.24) is 4.98 Å². The van der Waals surface area contributed by atoms with Gasteiger partial charge in [0.25, 0.3) is 0 Å². The van der Waals surface area contributed by atoms with Gasteiger partial charge in [-0.15, -0.1) is 0 Å². The number of nitrogens with one attached hydrogen (secondary N) is 1. The zero-order chi connectivity index (χ0) is 10.8. The molecule has 0 aromatic carbocycles. The lowest BCUT2D eigenvalue weighted by atomic mass is 9.82. The lowest BCUT2D eigenvalue weighted by molar-refractivity contribution is -0.138. The third kappa shape index (κ3) is 2.22. The maximum atomic E-state index is 11.8. The number of aromatic amines is 1. The molecular formula is C10H13NO3. The van der Waals surface area contributed by atoms with Crippen LogP contribution in [0.4, 0.5) is 0 Å². The van der Waals surface area contributed by atoms with Gasteiger partial charge in [-0.2, -0.15) is 0 Å². The van der Waals surface area contributed by atoms with Gasteiger partial charge in [0.1, 0.15) is 0 Å². The first kappa shape index (κ1) is 10.5. The topological polar surface area (TPSA) is 70.2 Å². The summed E-state index contributed by atoms with van der Waals surface area (Å²) in [6.45, 7) is 3.27. The summed E-state index contributed by atoms with van der Waals surface area (Å²) in [7, 11) is 0. The molecule has 0 atom stereocenters. The van der Waals surface area contributed by atoms with E-state index in [0.717, 1.165) is 0 Å². The number of aromatic nitrogens is 1. The number of Topliss-reactive ketones (excluding diaryl/α,β-unsaturated/α-hetero) is 1. The van der Waals surface area contributed by atoms with E-state index in [2.05, 4.69) is 4.98 Å². The molecule has 4 heteroatoms. The molecule has 76 valence electrons. The molecule has 2 N–H and O–H groups in total. The van der Waals surface area contributed by atoms with Crippen molar-refractivity contribution in [2.24, 2.45) is 5.41 Å². The molecule has 0 saturated carbocycles. The predicted octanol–water partition coefficient (Wildman–Crippen LogP) is 1.70. The molecule has 1 aromatic rings. The molecule has 0 aliphatic heterocycles. The number of ketones is 1. The molecule has 0 fully saturated rings. The standard InChI is InChI=1S/C10H13NO3/c1-10(2,5-8(12)13)9(14)7-3-4-11-6-7/h3-4,6,11H,5H2,1-2H3,(H,12,13). The van der Waals surface area contributed by atoms with Gasteiger partial charge >= 0.3 is 5.97 Å². The first-order valence-electron chi connectivity index (χ1n) is 4.33. The number of carbonyl (C=O) groups excluding carboxylic acids is 1. The van der Waals surface area contributed by atoms with Crippen LogP contribution in [0.5, 0.6) is 0 Å². The third-order valence-corrected chi connectivity index (χ3v) is 2.07. The van der Waals surface area contributed by atoms with Gasteiger partial charge in [-0.3, -0.25) is 9.59 Å². The molecule has 0 bridgehead atoms. The Morgan fingerprint density at radius 3 is 2.57 bits per heavy atom. The number of carbonyl (C=O) groups is 2. The van der Waals surface area contributed by atoms with E-state index >= 15 is 0 Å². The van der Waals surface area contributed by atoms with Gasteiger partial charge in [-0.25, -0.2) is 0 Å². The minimum Gasteiger partial charge on any atom is -0.481 e. The average Bonchev–Trinajstić information content (AvgIpc) is 2.51. The number of hydrogen-bond acceptors (Lipinski definition) is 2. The summed E-state index contributed by atoms with van der Waals surface area (Å²) in [5, 5.41) is 8.64. The molecule has 0 saturated heterocycles. The van der Waals surface area contributed by atoms with E-state index < -0.39 is 11.4 Å². The lowest BCUT2D eigenvalue weighted by Gasteiger charge is -2.19. The molecule has 1 aromatic heterocycles. The quantitative estimate of drug-likeness (QED) is 0.718. The highest BCUT2D eigenvalue weighted by molar-refractivity contribution is 6.01. The van der Waals surface area contributed by atoms with Gasteiger partial charge in [0.2, 0.25) is 0 Å². The second-order valence-corrected chi connectivity index (χ2v) is 3.88. The number of rotatable bonds is 4. The summed E-state index contributed by atoms with van der Waals surface area (Å²) >= 11 is 0. The maximum absolute atomic E-state index is 11.8. The third-order valence-electron chi connectivity index (χ3n) is 2.07. The Hall–Kier alpha value is -1.58. The molecule has 4 nitrogen and oxygen atoms in total. The number of carboxylic acids is 1. The zero-order valence-corrected chi connectivity index (χ0v) is 8.20. The first-order valence-corrected chi connectivity index (χ1v) is 4.33.